The average Bonchev–Trinajstić information content (AvgIpc) is 3.08. The van der Waals surface area contributed by atoms with Gasteiger partial charge in [0, 0.05) is 0 Å². The largest absolute Gasteiger partial charge is 0.0651 e. The van der Waals surface area contributed by atoms with Crippen LogP contribution in [0.1, 0.15) is 83.9 Å². The number of hydrogen-bond donors (Lipinski definition) is 0. The molecule has 0 N–H and O–H groups in total. The van der Waals surface area contributed by atoms with Crippen LogP contribution in [-0.2, 0) is 16.2 Å². The van der Waals surface area contributed by atoms with Gasteiger partial charge in [-0.05, 0) is 58.1 Å². The van der Waals surface area contributed by atoms with Gasteiger partial charge >= 0.3 is 0 Å². The van der Waals surface area contributed by atoms with E-state index in [4.69, 9.17) is 0 Å². The Morgan fingerprint density at radius 3 is 2.10 bits per heavy atom. The molecule has 1 aromatic rings. The third-order valence-electron chi connectivity index (χ3n) is 6.42. The quantitative estimate of drug-likeness (QED) is 0.644. The summed E-state index contributed by atoms with van der Waals surface area (Å²) in [4.78, 5) is 0. The lowest BCUT2D eigenvalue weighted by Gasteiger charge is -2.42. The Morgan fingerprint density at radius 1 is 0.950 bits per heavy atom. The number of hydrogen-bond acceptors (Lipinski definition) is 0. The van der Waals surface area contributed by atoms with Gasteiger partial charge in [0.05, 0.1) is 0 Å². The summed E-state index contributed by atoms with van der Waals surface area (Å²) in [6.45, 7) is 14.5. The van der Waals surface area contributed by atoms with E-state index in [0.29, 0.717) is 16.2 Å². The van der Waals surface area contributed by atoms with Gasteiger partial charge in [0.2, 0.25) is 0 Å². The molecule has 0 aromatic heterocycles. The lowest BCUT2D eigenvalue weighted by Crippen LogP contribution is -2.34. The van der Waals surface area contributed by atoms with Gasteiger partial charge in [-0.25, -0.2) is 0 Å². The molecule has 1 fully saturated rings. The second kappa shape index (κ2) is 4.12. The van der Waals surface area contributed by atoms with Crippen molar-refractivity contribution in [2.75, 3.05) is 0 Å². The van der Waals surface area contributed by atoms with Crippen molar-refractivity contribution in [2.45, 2.75) is 83.5 Å². The molecular formula is C20H30. The van der Waals surface area contributed by atoms with Crippen molar-refractivity contribution in [2.24, 2.45) is 5.92 Å². The van der Waals surface area contributed by atoms with Gasteiger partial charge in [-0.2, -0.15) is 0 Å². The zero-order chi connectivity index (χ0) is 14.8. The zero-order valence-corrected chi connectivity index (χ0v) is 14.1. The molecule has 2 atom stereocenters. The summed E-state index contributed by atoms with van der Waals surface area (Å²) >= 11 is 0. The van der Waals surface area contributed by atoms with E-state index in [1.165, 1.54) is 25.7 Å². The highest BCUT2D eigenvalue weighted by Gasteiger charge is 2.50. The Hall–Kier alpha value is -0.780. The fourth-order valence-electron chi connectivity index (χ4n) is 4.35. The molecule has 0 nitrogen and oxygen atoms in total. The highest BCUT2D eigenvalue weighted by atomic mass is 14.5. The third-order valence-corrected chi connectivity index (χ3v) is 6.42. The first-order valence-electron chi connectivity index (χ1n) is 8.36. The van der Waals surface area contributed by atoms with Crippen molar-refractivity contribution < 1.29 is 0 Å². The minimum atomic E-state index is 0.341. The van der Waals surface area contributed by atoms with Crippen LogP contribution in [-0.4, -0.2) is 0 Å². The van der Waals surface area contributed by atoms with E-state index in [1.807, 2.05) is 0 Å². The molecule has 0 heterocycles. The standard InChI is InChI=1S/C20H30/c1-7-14-13-20(14,6)15-8-9-16-17(12-15)19(4,5)11-10-18(16,2)3/h8-9,12,14H,7,10-11,13H2,1-6H3. The minimum Gasteiger partial charge on any atom is -0.0651 e. The first-order chi connectivity index (χ1) is 9.21. The van der Waals surface area contributed by atoms with Crippen LogP contribution < -0.4 is 0 Å². The van der Waals surface area contributed by atoms with Crippen LogP contribution >= 0.6 is 0 Å². The predicted octanol–water partition coefficient (Wildman–Crippen LogP) is 5.72. The van der Waals surface area contributed by atoms with E-state index in [2.05, 4.69) is 59.7 Å². The second-order valence-corrected chi connectivity index (χ2v) is 8.75. The number of rotatable bonds is 2. The smallest absolute Gasteiger partial charge is 0.00438 e. The van der Waals surface area contributed by atoms with Gasteiger partial charge in [-0.15, -0.1) is 0 Å². The normalized spacial score (nSPS) is 33.6. The SMILES string of the molecule is CCC1CC1(C)c1ccc2c(c1)C(C)(C)CCC2(C)C. The van der Waals surface area contributed by atoms with Crippen LogP contribution in [0.25, 0.3) is 0 Å². The number of benzene rings is 1. The lowest BCUT2D eigenvalue weighted by atomic mass is 9.62. The highest BCUT2D eigenvalue weighted by molar-refractivity contribution is 5.47. The van der Waals surface area contributed by atoms with Gasteiger partial charge < -0.3 is 0 Å². The molecule has 0 saturated heterocycles. The summed E-state index contributed by atoms with van der Waals surface area (Å²) < 4.78 is 0. The molecule has 0 heteroatoms. The van der Waals surface area contributed by atoms with Crippen molar-refractivity contribution in [3.63, 3.8) is 0 Å². The van der Waals surface area contributed by atoms with Gasteiger partial charge in [-0.1, -0.05) is 66.2 Å². The van der Waals surface area contributed by atoms with Crippen LogP contribution in [0.4, 0.5) is 0 Å². The molecule has 0 spiro atoms. The van der Waals surface area contributed by atoms with Crippen LogP contribution in [0, 0.1) is 5.92 Å². The molecule has 2 aliphatic carbocycles. The molecule has 1 saturated carbocycles. The molecule has 20 heavy (non-hydrogen) atoms. The topological polar surface area (TPSA) is 0 Å². The van der Waals surface area contributed by atoms with Crippen LogP contribution in [0.2, 0.25) is 0 Å². The van der Waals surface area contributed by atoms with E-state index in [0.717, 1.165) is 5.92 Å². The Kier molecular flexibility index (Phi) is 2.92. The maximum Gasteiger partial charge on any atom is -0.00438 e. The van der Waals surface area contributed by atoms with E-state index in [-0.39, 0.29) is 0 Å². The van der Waals surface area contributed by atoms with Gasteiger partial charge in [0.15, 0.2) is 0 Å². The first-order valence-corrected chi connectivity index (χ1v) is 8.36. The van der Waals surface area contributed by atoms with E-state index in [1.54, 1.807) is 16.7 Å². The minimum absolute atomic E-state index is 0.341. The van der Waals surface area contributed by atoms with E-state index in [9.17, 15) is 0 Å². The van der Waals surface area contributed by atoms with Crippen LogP contribution in [0.5, 0.6) is 0 Å². The zero-order valence-electron chi connectivity index (χ0n) is 14.1. The summed E-state index contributed by atoms with van der Waals surface area (Å²) in [6, 6.07) is 7.44. The maximum absolute atomic E-state index is 2.56. The van der Waals surface area contributed by atoms with Crippen molar-refractivity contribution in [3.05, 3.63) is 34.9 Å². The molecular weight excluding hydrogens is 240 g/mol. The fourth-order valence-corrected chi connectivity index (χ4v) is 4.35. The highest BCUT2D eigenvalue weighted by Crippen LogP contribution is 2.57. The van der Waals surface area contributed by atoms with Gasteiger partial charge in [-0.3, -0.25) is 0 Å². The Balaban J connectivity index is 2.08. The monoisotopic (exact) mass is 270 g/mol. The second-order valence-electron chi connectivity index (χ2n) is 8.75. The van der Waals surface area contributed by atoms with Crippen molar-refractivity contribution in [1.82, 2.24) is 0 Å². The predicted molar refractivity (Wildman–Crippen MR) is 87.5 cm³/mol. The van der Waals surface area contributed by atoms with Crippen molar-refractivity contribution in [3.8, 4) is 0 Å². The summed E-state index contributed by atoms with van der Waals surface area (Å²) in [7, 11) is 0. The first kappa shape index (κ1) is 14.2. The molecule has 2 aliphatic rings. The molecule has 0 bridgehead atoms. The Bertz CT molecular complexity index is 535. The van der Waals surface area contributed by atoms with Gasteiger partial charge in [0.1, 0.15) is 0 Å². The van der Waals surface area contributed by atoms with E-state index < -0.39 is 0 Å². The van der Waals surface area contributed by atoms with Gasteiger partial charge in [0.25, 0.3) is 0 Å². The lowest BCUT2D eigenvalue weighted by molar-refractivity contribution is 0.331. The molecule has 110 valence electrons. The van der Waals surface area contributed by atoms with Crippen molar-refractivity contribution in [1.29, 1.82) is 0 Å². The van der Waals surface area contributed by atoms with Crippen LogP contribution in [0.15, 0.2) is 18.2 Å². The summed E-state index contributed by atoms with van der Waals surface area (Å²) in [6.07, 6.45) is 5.32. The maximum atomic E-state index is 2.56. The molecule has 2 unspecified atom stereocenters. The average molecular weight is 270 g/mol. The Labute approximate surface area is 125 Å². The summed E-state index contributed by atoms with van der Waals surface area (Å²) in [5.74, 6) is 0.903. The van der Waals surface area contributed by atoms with Crippen molar-refractivity contribution >= 4 is 0 Å². The third kappa shape index (κ3) is 1.95. The van der Waals surface area contributed by atoms with Crippen LogP contribution in [0.3, 0.4) is 0 Å². The molecule has 0 radical (unpaired) electrons. The molecule has 3 rings (SSSR count). The Morgan fingerprint density at radius 2 is 1.55 bits per heavy atom. The number of fused-ring (bicyclic) bond motifs is 1. The summed E-state index contributed by atoms with van der Waals surface area (Å²) in [5, 5.41) is 0. The fraction of sp³-hybridized carbons (Fsp3) is 0.700. The summed E-state index contributed by atoms with van der Waals surface area (Å²) in [5.41, 5.74) is 5.95. The van der Waals surface area contributed by atoms with E-state index >= 15 is 0 Å². The molecule has 1 aromatic carbocycles. The molecule has 0 aliphatic heterocycles. The molecule has 0 amide bonds.